The number of hydrogen-bond donors (Lipinski definition) is 1. The summed E-state index contributed by atoms with van der Waals surface area (Å²) in [7, 11) is 0. The minimum Gasteiger partial charge on any atom is -0.484 e. The van der Waals surface area contributed by atoms with Gasteiger partial charge in [0, 0.05) is 13.1 Å². The molecule has 0 bridgehead atoms. The molecule has 0 unspecified atom stereocenters. The molecule has 1 saturated heterocycles. The van der Waals surface area contributed by atoms with Gasteiger partial charge in [0.15, 0.2) is 18.1 Å². The summed E-state index contributed by atoms with van der Waals surface area (Å²) in [6, 6.07) is 14.6. The Bertz CT molecular complexity index is 1010. The Morgan fingerprint density at radius 2 is 2.00 bits per heavy atom. The first kappa shape index (κ1) is 20.2. The number of carbonyl (C=O) groups is 2. The highest BCUT2D eigenvalue weighted by Gasteiger charge is 2.31. The number of fused-ring (bicyclic) bond motifs is 1. The number of para-hydroxylation sites is 1. The van der Waals surface area contributed by atoms with Crippen LogP contribution in [0.3, 0.4) is 0 Å². The first-order valence-corrected chi connectivity index (χ1v) is 10.4. The zero-order chi connectivity index (χ0) is 20.9. The number of carbonyl (C=O) groups excluding carboxylic acids is 2. The summed E-state index contributed by atoms with van der Waals surface area (Å²) in [6.45, 7) is 0.677. The van der Waals surface area contributed by atoms with E-state index in [1.54, 1.807) is 18.2 Å². The summed E-state index contributed by atoms with van der Waals surface area (Å²) in [5.74, 6) is 1.52. The van der Waals surface area contributed by atoms with E-state index in [2.05, 4.69) is 5.32 Å². The lowest BCUT2D eigenvalue weighted by molar-refractivity contribution is -0.124. The molecule has 1 fully saturated rings. The van der Waals surface area contributed by atoms with Crippen molar-refractivity contribution in [1.82, 2.24) is 10.2 Å². The van der Waals surface area contributed by atoms with Crippen LogP contribution in [0.5, 0.6) is 17.2 Å². The molecule has 0 saturated carbocycles. The highest BCUT2D eigenvalue weighted by Crippen LogP contribution is 2.36. The van der Waals surface area contributed by atoms with Gasteiger partial charge in [0.25, 0.3) is 11.8 Å². The summed E-state index contributed by atoms with van der Waals surface area (Å²) in [5, 5.41) is 2.74. The molecule has 30 heavy (non-hydrogen) atoms. The SMILES string of the molecule is O=C(COc1ccccc1)NCCN1C(=O)/C(=C\c2ccc3c(c2)OCO3)SC1=S. The highest BCUT2D eigenvalue weighted by atomic mass is 32.2. The Balaban J connectivity index is 1.28. The number of ether oxygens (including phenoxy) is 3. The third kappa shape index (κ3) is 4.74. The minimum absolute atomic E-state index is 0.0909. The van der Waals surface area contributed by atoms with Crippen LogP contribution in [0.4, 0.5) is 0 Å². The van der Waals surface area contributed by atoms with Gasteiger partial charge in [-0.1, -0.05) is 48.2 Å². The Labute approximate surface area is 183 Å². The van der Waals surface area contributed by atoms with Gasteiger partial charge >= 0.3 is 0 Å². The summed E-state index contributed by atoms with van der Waals surface area (Å²) in [6.07, 6.45) is 1.77. The molecule has 0 aromatic heterocycles. The fourth-order valence-corrected chi connectivity index (χ4v) is 4.18. The van der Waals surface area contributed by atoms with E-state index in [1.165, 1.54) is 16.7 Å². The second-order valence-electron chi connectivity index (χ2n) is 6.40. The third-order valence-electron chi connectivity index (χ3n) is 4.34. The zero-order valence-electron chi connectivity index (χ0n) is 15.8. The average Bonchev–Trinajstić information content (AvgIpc) is 3.32. The van der Waals surface area contributed by atoms with Crippen molar-refractivity contribution >= 4 is 46.2 Å². The molecular formula is C21H18N2O5S2. The molecule has 0 radical (unpaired) electrons. The number of amides is 2. The Morgan fingerprint density at radius 1 is 1.20 bits per heavy atom. The van der Waals surface area contributed by atoms with Crippen molar-refractivity contribution in [2.24, 2.45) is 0 Å². The largest absolute Gasteiger partial charge is 0.484 e. The van der Waals surface area contributed by atoms with Gasteiger partial charge in [-0.3, -0.25) is 14.5 Å². The van der Waals surface area contributed by atoms with Crippen molar-refractivity contribution in [3.8, 4) is 17.2 Å². The molecule has 2 aliphatic heterocycles. The topological polar surface area (TPSA) is 77.1 Å². The van der Waals surface area contributed by atoms with Crippen LogP contribution < -0.4 is 19.5 Å². The maximum Gasteiger partial charge on any atom is 0.266 e. The van der Waals surface area contributed by atoms with Crippen LogP contribution in [0, 0.1) is 0 Å². The normalized spacial score (nSPS) is 16.3. The van der Waals surface area contributed by atoms with E-state index in [4.69, 9.17) is 26.4 Å². The van der Waals surface area contributed by atoms with Gasteiger partial charge in [-0.25, -0.2) is 0 Å². The van der Waals surface area contributed by atoms with Crippen molar-refractivity contribution in [1.29, 1.82) is 0 Å². The van der Waals surface area contributed by atoms with Gasteiger partial charge in [-0.15, -0.1) is 0 Å². The molecule has 2 aromatic rings. The van der Waals surface area contributed by atoms with Crippen molar-refractivity contribution in [2.75, 3.05) is 26.5 Å². The summed E-state index contributed by atoms with van der Waals surface area (Å²) >= 11 is 6.57. The zero-order valence-corrected chi connectivity index (χ0v) is 17.5. The van der Waals surface area contributed by atoms with Crippen LogP contribution in [0.15, 0.2) is 53.4 Å². The van der Waals surface area contributed by atoms with E-state index >= 15 is 0 Å². The van der Waals surface area contributed by atoms with E-state index in [9.17, 15) is 9.59 Å². The molecule has 2 aromatic carbocycles. The van der Waals surface area contributed by atoms with Gasteiger partial charge in [0.1, 0.15) is 10.1 Å². The molecule has 9 heteroatoms. The van der Waals surface area contributed by atoms with Gasteiger partial charge in [0.2, 0.25) is 6.79 Å². The summed E-state index contributed by atoms with van der Waals surface area (Å²) in [5.41, 5.74) is 0.825. The molecule has 7 nitrogen and oxygen atoms in total. The number of thiocarbonyl (C=S) groups is 1. The maximum absolute atomic E-state index is 12.7. The van der Waals surface area contributed by atoms with E-state index in [0.717, 1.165) is 5.56 Å². The van der Waals surface area contributed by atoms with E-state index < -0.39 is 0 Å². The van der Waals surface area contributed by atoms with Crippen LogP contribution in [-0.2, 0) is 9.59 Å². The first-order valence-electron chi connectivity index (χ1n) is 9.20. The molecule has 2 heterocycles. The lowest BCUT2D eigenvalue weighted by atomic mass is 10.2. The number of nitrogens with zero attached hydrogens (tertiary/aromatic N) is 1. The number of thioether (sulfide) groups is 1. The second-order valence-corrected chi connectivity index (χ2v) is 8.07. The third-order valence-corrected chi connectivity index (χ3v) is 5.72. The van der Waals surface area contributed by atoms with Crippen molar-refractivity contribution in [3.05, 3.63) is 59.0 Å². The lowest BCUT2D eigenvalue weighted by Crippen LogP contribution is -2.38. The van der Waals surface area contributed by atoms with Crippen molar-refractivity contribution in [3.63, 3.8) is 0 Å². The standard InChI is InChI=1S/C21H18N2O5S2/c24-19(12-26-15-4-2-1-3-5-15)22-8-9-23-20(25)18(30-21(23)29)11-14-6-7-16-17(10-14)28-13-27-16/h1-7,10-11H,8-9,12-13H2,(H,22,24)/b18-11+. The van der Waals surface area contributed by atoms with Gasteiger partial charge in [-0.2, -0.15) is 0 Å². The molecule has 0 aliphatic carbocycles. The minimum atomic E-state index is -0.264. The maximum atomic E-state index is 12.7. The van der Waals surface area contributed by atoms with Gasteiger partial charge < -0.3 is 19.5 Å². The Morgan fingerprint density at radius 3 is 2.83 bits per heavy atom. The second kappa shape index (κ2) is 9.19. The monoisotopic (exact) mass is 442 g/mol. The van der Waals surface area contributed by atoms with Crippen LogP contribution in [0.25, 0.3) is 6.08 Å². The molecule has 0 spiro atoms. The average molecular weight is 443 g/mol. The molecule has 4 rings (SSSR count). The van der Waals surface area contributed by atoms with Gasteiger partial charge in [0.05, 0.1) is 4.91 Å². The summed E-state index contributed by atoms with van der Waals surface area (Å²) < 4.78 is 16.5. The fraction of sp³-hybridized carbons (Fsp3) is 0.190. The Hall–Kier alpha value is -3.04. The predicted octanol–water partition coefficient (Wildman–Crippen LogP) is 2.81. The van der Waals surface area contributed by atoms with Gasteiger partial charge in [-0.05, 0) is 35.9 Å². The summed E-state index contributed by atoms with van der Waals surface area (Å²) in [4.78, 5) is 26.6. The quantitative estimate of drug-likeness (QED) is 0.522. The number of rotatable bonds is 7. The lowest BCUT2D eigenvalue weighted by Gasteiger charge is -2.15. The highest BCUT2D eigenvalue weighted by molar-refractivity contribution is 8.26. The van der Waals surface area contributed by atoms with Crippen molar-refractivity contribution < 1.29 is 23.8 Å². The Kier molecular flexibility index (Phi) is 6.20. The van der Waals surface area contributed by atoms with E-state index in [0.29, 0.717) is 33.0 Å². The molecular weight excluding hydrogens is 424 g/mol. The molecule has 2 amide bonds. The number of hydrogen-bond acceptors (Lipinski definition) is 7. The number of nitrogens with one attached hydrogen (secondary N) is 1. The molecule has 2 aliphatic rings. The number of benzene rings is 2. The van der Waals surface area contributed by atoms with E-state index in [-0.39, 0.29) is 31.8 Å². The van der Waals surface area contributed by atoms with Crippen LogP contribution in [-0.4, -0.2) is 47.5 Å². The molecule has 0 atom stereocenters. The predicted molar refractivity (Wildman–Crippen MR) is 117 cm³/mol. The van der Waals surface area contributed by atoms with Crippen molar-refractivity contribution in [2.45, 2.75) is 0 Å². The smallest absolute Gasteiger partial charge is 0.266 e. The molecule has 1 N–H and O–H groups in total. The van der Waals surface area contributed by atoms with Crippen LogP contribution in [0.1, 0.15) is 5.56 Å². The van der Waals surface area contributed by atoms with Crippen LogP contribution >= 0.6 is 24.0 Å². The van der Waals surface area contributed by atoms with E-state index in [1.807, 2.05) is 36.4 Å². The first-order chi connectivity index (χ1) is 14.6. The fourth-order valence-electron chi connectivity index (χ4n) is 2.87. The van der Waals surface area contributed by atoms with Crippen LogP contribution in [0.2, 0.25) is 0 Å². The molecule has 154 valence electrons.